The van der Waals surface area contributed by atoms with Gasteiger partial charge in [0.2, 0.25) is 5.91 Å². The Bertz CT molecular complexity index is 133. The zero-order valence-electron chi connectivity index (χ0n) is 6.30. The van der Waals surface area contributed by atoms with Gasteiger partial charge in [-0.2, -0.15) is 0 Å². The first-order chi connectivity index (χ1) is 5.13. The Balaban J connectivity index is 3.03. The number of nitrogens with two attached hydrogens (primary N) is 2. The van der Waals surface area contributed by atoms with Gasteiger partial charge in [0, 0.05) is 13.0 Å². The lowest BCUT2D eigenvalue weighted by molar-refractivity contribution is -0.118. The quantitative estimate of drug-likeness (QED) is 0.388. The summed E-state index contributed by atoms with van der Waals surface area (Å²) in [5, 5.41) is 3.07. The van der Waals surface area contributed by atoms with Gasteiger partial charge in [-0.25, -0.2) is 0 Å². The van der Waals surface area contributed by atoms with Crippen LogP contribution in [-0.4, -0.2) is 17.6 Å². The zero-order chi connectivity index (χ0) is 8.69. The highest BCUT2D eigenvalue weighted by atomic mass is 32.1. The first-order valence-corrected chi connectivity index (χ1v) is 3.85. The predicted octanol–water partition coefficient (Wildman–Crippen LogP) is -0.525. The second-order valence-corrected chi connectivity index (χ2v) is 2.65. The molecule has 0 unspecified atom stereocenters. The largest absolute Gasteiger partial charge is 0.376 e. The summed E-state index contributed by atoms with van der Waals surface area (Å²) in [5.74, 6) is -0.264. The molecule has 0 bridgehead atoms. The molecule has 5 heteroatoms. The Morgan fingerprint density at radius 2 is 2.00 bits per heavy atom. The molecule has 0 saturated carbocycles. The number of hydrogen-bond donors (Lipinski definition) is 3. The average molecular weight is 175 g/mol. The maximum atomic E-state index is 10.2. The number of nitrogens with one attached hydrogen (secondary N) is 1. The minimum Gasteiger partial charge on any atom is -0.376 e. The van der Waals surface area contributed by atoms with Crippen LogP contribution in [0.15, 0.2) is 0 Å². The van der Waals surface area contributed by atoms with Crippen molar-refractivity contribution in [2.24, 2.45) is 11.5 Å². The molecule has 0 spiro atoms. The third kappa shape index (κ3) is 9.16. The monoisotopic (exact) mass is 175 g/mol. The summed E-state index contributed by atoms with van der Waals surface area (Å²) in [6.07, 6.45) is 2.07. The van der Waals surface area contributed by atoms with Crippen molar-refractivity contribution in [3.05, 3.63) is 0 Å². The normalized spacial score (nSPS) is 9.09. The van der Waals surface area contributed by atoms with Crippen molar-refractivity contribution in [3.63, 3.8) is 0 Å². The van der Waals surface area contributed by atoms with Gasteiger partial charge >= 0.3 is 0 Å². The highest BCUT2D eigenvalue weighted by molar-refractivity contribution is 7.80. The minimum absolute atomic E-state index is 0.264. The summed E-state index contributed by atoms with van der Waals surface area (Å²) in [4.78, 5) is 10.2. The van der Waals surface area contributed by atoms with Gasteiger partial charge in [0.1, 0.15) is 0 Å². The molecule has 0 saturated heterocycles. The number of carbonyl (C=O) groups excluding carboxylic acids is 1. The smallest absolute Gasteiger partial charge is 0.217 e. The van der Waals surface area contributed by atoms with E-state index >= 15 is 0 Å². The van der Waals surface area contributed by atoms with Crippen LogP contribution in [0.2, 0.25) is 0 Å². The third-order valence-electron chi connectivity index (χ3n) is 1.15. The molecule has 0 aromatic carbocycles. The molecule has 0 aliphatic heterocycles. The van der Waals surface area contributed by atoms with Crippen LogP contribution in [0.4, 0.5) is 0 Å². The molecule has 1 amide bonds. The molecule has 0 atom stereocenters. The van der Waals surface area contributed by atoms with Crippen LogP contribution in [0.5, 0.6) is 0 Å². The molecular formula is C6H13N3OS. The maximum absolute atomic E-state index is 10.2. The molecule has 4 nitrogen and oxygen atoms in total. The molecule has 11 heavy (non-hydrogen) atoms. The van der Waals surface area contributed by atoms with E-state index in [1.165, 1.54) is 0 Å². The molecule has 0 aromatic rings. The van der Waals surface area contributed by atoms with E-state index < -0.39 is 0 Å². The van der Waals surface area contributed by atoms with Crippen molar-refractivity contribution >= 4 is 23.2 Å². The topological polar surface area (TPSA) is 81.1 Å². The Labute approximate surface area is 71.3 Å². The molecule has 0 fully saturated rings. The van der Waals surface area contributed by atoms with Crippen LogP contribution in [-0.2, 0) is 4.79 Å². The lowest BCUT2D eigenvalue weighted by Crippen LogP contribution is -2.29. The number of hydrogen-bond acceptors (Lipinski definition) is 2. The number of primary amides is 1. The molecular weight excluding hydrogens is 162 g/mol. The van der Waals surface area contributed by atoms with E-state index in [1.54, 1.807) is 0 Å². The zero-order valence-corrected chi connectivity index (χ0v) is 7.12. The van der Waals surface area contributed by atoms with Gasteiger partial charge in [0.25, 0.3) is 0 Å². The van der Waals surface area contributed by atoms with Gasteiger partial charge in [0.05, 0.1) is 0 Å². The summed E-state index contributed by atoms with van der Waals surface area (Å²) < 4.78 is 0. The van der Waals surface area contributed by atoms with E-state index in [0.29, 0.717) is 18.1 Å². The molecule has 5 N–H and O–H groups in total. The van der Waals surface area contributed by atoms with Crippen molar-refractivity contribution in [3.8, 4) is 0 Å². The van der Waals surface area contributed by atoms with E-state index in [0.717, 1.165) is 12.8 Å². The van der Waals surface area contributed by atoms with Crippen LogP contribution in [0.1, 0.15) is 19.3 Å². The number of thiocarbonyl (C=S) groups is 1. The van der Waals surface area contributed by atoms with E-state index in [4.69, 9.17) is 11.5 Å². The van der Waals surface area contributed by atoms with Crippen molar-refractivity contribution < 1.29 is 4.79 Å². The van der Waals surface area contributed by atoms with Gasteiger partial charge in [-0.3, -0.25) is 4.79 Å². The number of unbranched alkanes of at least 4 members (excludes halogenated alkanes) is 1. The van der Waals surface area contributed by atoms with Crippen molar-refractivity contribution in [1.29, 1.82) is 0 Å². The summed E-state index contributed by atoms with van der Waals surface area (Å²) in [7, 11) is 0. The van der Waals surface area contributed by atoms with Crippen LogP contribution >= 0.6 is 12.2 Å². The number of carbonyl (C=O) groups is 1. The molecule has 0 rings (SSSR count). The molecule has 0 aliphatic carbocycles. The first-order valence-electron chi connectivity index (χ1n) is 3.44. The highest BCUT2D eigenvalue weighted by Gasteiger charge is 1.93. The van der Waals surface area contributed by atoms with Crippen LogP contribution in [0, 0.1) is 0 Å². The Morgan fingerprint density at radius 1 is 1.36 bits per heavy atom. The second-order valence-electron chi connectivity index (χ2n) is 2.21. The Hall–Kier alpha value is -0.840. The van der Waals surface area contributed by atoms with Crippen LogP contribution < -0.4 is 16.8 Å². The molecule has 0 heterocycles. The Kier molecular flexibility index (Phi) is 5.46. The molecule has 0 aromatic heterocycles. The van der Waals surface area contributed by atoms with Crippen LogP contribution in [0.3, 0.4) is 0 Å². The summed E-state index contributed by atoms with van der Waals surface area (Å²) in [6, 6.07) is 0. The Morgan fingerprint density at radius 3 is 2.45 bits per heavy atom. The first kappa shape index (κ1) is 10.2. The van der Waals surface area contributed by atoms with Gasteiger partial charge in [-0.05, 0) is 25.1 Å². The summed E-state index contributed by atoms with van der Waals surface area (Å²) in [5.41, 5.74) is 10.1. The molecule has 64 valence electrons. The minimum atomic E-state index is -0.264. The highest BCUT2D eigenvalue weighted by Crippen LogP contribution is 1.91. The molecule has 0 radical (unpaired) electrons. The van der Waals surface area contributed by atoms with Crippen molar-refractivity contribution in [1.82, 2.24) is 5.32 Å². The van der Waals surface area contributed by atoms with E-state index in [9.17, 15) is 4.79 Å². The maximum Gasteiger partial charge on any atom is 0.217 e. The van der Waals surface area contributed by atoms with E-state index in [2.05, 4.69) is 17.5 Å². The summed E-state index contributed by atoms with van der Waals surface area (Å²) in [6.45, 7) is 0.711. The lowest BCUT2D eigenvalue weighted by atomic mass is 10.2. The lowest BCUT2D eigenvalue weighted by Gasteiger charge is -2.01. The standard InChI is InChI=1S/C6H13N3OS/c7-5(10)3-1-2-4-9-6(8)11/h1-4H2,(H2,7,10)(H3,8,9,11). The second kappa shape index (κ2) is 5.91. The van der Waals surface area contributed by atoms with E-state index in [-0.39, 0.29) is 5.91 Å². The number of amides is 1. The summed E-state index contributed by atoms with van der Waals surface area (Å²) >= 11 is 4.57. The van der Waals surface area contributed by atoms with Gasteiger partial charge in [-0.15, -0.1) is 0 Å². The third-order valence-corrected chi connectivity index (χ3v) is 1.29. The SMILES string of the molecule is NC(=O)CCCCNC(N)=S. The van der Waals surface area contributed by atoms with E-state index in [1.807, 2.05) is 0 Å². The van der Waals surface area contributed by atoms with Gasteiger partial charge in [-0.1, -0.05) is 0 Å². The fraction of sp³-hybridized carbons (Fsp3) is 0.667. The molecule has 0 aliphatic rings. The van der Waals surface area contributed by atoms with Crippen molar-refractivity contribution in [2.75, 3.05) is 6.54 Å². The van der Waals surface area contributed by atoms with Crippen LogP contribution in [0.25, 0.3) is 0 Å². The number of rotatable bonds is 5. The average Bonchev–Trinajstić information content (AvgIpc) is 1.85. The fourth-order valence-electron chi connectivity index (χ4n) is 0.636. The fourth-order valence-corrected chi connectivity index (χ4v) is 0.738. The van der Waals surface area contributed by atoms with Gasteiger partial charge < -0.3 is 16.8 Å². The van der Waals surface area contributed by atoms with Gasteiger partial charge in [0.15, 0.2) is 5.11 Å². The van der Waals surface area contributed by atoms with Crippen molar-refractivity contribution in [2.45, 2.75) is 19.3 Å². The predicted molar refractivity (Wildman–Crippen MR) is 47.8 cm³/mol.